The quantitative estimate of drug-likeness (QED) is 0.566. The van der Waals surface area contributed by atoms with E-state index in [1.165, 1.54) is 7.11 Å². The van der Waals surface area contributed by atoms with E-state index in [9.17, 15) is 9.59 Å². The molecular formula is C13H15N3O3S. The Morgan fingerprint density at radius 2 is 1.95 bits per heavy atom. The van der Waals surface area contributed by atoms with Crippen LogP contribution in [0.2, 0.25) is 0 Å². The van der Waals surface area contributed by atoms with Crippen molar-refractivity contribution in [1.29, 1.82) is 0 Å². The molecule has 1 saturated carbocycles. The van der Waals surface area contributed by atoms with Gasteiger partial charge in [-0.05, 0) is 37.2 Å². The van der Waals surface area contributed by atoms with Gasteiger partial charge in [0.05, 0.1) is 12.7 Å². The van der Waals surface area contributed by atoms with Crippen LogP contribution in [-0.2, 0) is 4.79 Å². The summed E-state index contributed by atoms with van der Waals surface area (Å²) in [4.78, 5) is 23.4. The number of carbonyl (C=O) groups excluding carboxylic acids is 2. The van der Waals surface area contributed by atoms with Crippen LogP contribution in [0.15, 0.2) is 24.3 Å². The van der Waals surface area contributed by atoms with Crippen LogP contribution in [0.5, 0.6) is 5.75 Å². The van der Waals surface area contributed by atoms with Crippen molar-refractivity contribution in [2.24, 2.45) is 5.92 Å². The number of ether oxygens (including phenoxy) is 1. The summed E-state index contributed by atoms with van der Waals surface area (Å²) in [7, 11) is 1.48. The van der Waals surface area contributed by atoms with E-state index in [0.29, 0.717) is 11.3 Å². The van der Waals surface area contributed by atoms with Gasteiger partial charge in [0, 0.05) is 5.92 Å². The maximum absolute atomic E-state index is 12.0. The largest absolute Gasteiger partial charge is 0.496 e. The lowest BCUT2D eigenvalue weighted by atomic mass is 10.2. The zero-order valence-electron chi connectivity index (χ0n) is 10.9. The molecule has 3 N–H and O–H groups in total. The van der Waals surface area contributed by atoms with Crippen LogP contribution in [0.25, 0.3) is 0 Å². The molecule has 0 spiro atoms. The van der Waals surface area contributed by atoms with Gasteiger partial charge in [0.1, 0.15) is 5.75 Å². The number of para-hydroxylation sites is 1. The molecule has 0 aromatic heterocycles. The van der Waals surface area contributed by atoms with Crippen molar-refractivity contribution in [3.8, 4) is 5.75 Å². The molecule has 1 aromatic carbocycles. The number of nitrogens with one attached hydrogen (secondary N) is 3. The van der Waals surface area contributed by atoms with Crippen LogP contribution in [0.1, 0.15) is 23.2 Å². The molecule has 2 rings (SSSR count). The number of hydrogen-bond donors (Lipinski definition) is 3. The summed E-state index contributed by atoms with van der Waals surface area (Å²) in [6, 6.07) is 6.80. The summed E-state index contributed by atoms with van der Waals surface area (Å²) in [5.74, 6) is 0.00421. The molecule has 0 unspecified atom stereocenters. The first-order chi connectivity index (χ1) is 9.61. The van der Waals surface area contributed by atoms with Crippen LogP contribution >= 0.6 is 12.2 Å². The fourth-order valence-corrected chi connectivity index (χ4v) is 1.74. The molecular weight excluding hydrogens is 278 g/mol. The molecule has 0 heterocycles. The number of rotatable bonds is 3. The highest BCUT2D eigenvalue weighted by atomic mass is 32.1. The maximum Gasteiger partial charge on any atom is 0.261 e. The van der Waals surface area contributed by atoms with Gasteiger partial charge in [0.15, 0.2) is 5.11 Å². The van der Waals surface area contributed by atoms with Crippen LogP contribution in [0.4, 0.5) is 0 Å². The molecule has 7 heteroatoms. The average Bonchev–Trinajstić information content (AvgIpc) is 3.29. The van der Waals surface area contributed by atoms with Gasteiger partial charge in [-0.25, -0.2) is 0 Å². The summed E-state index contributed by atoms with van der Waals surface area (Å²) < 4.78 is 5.09. The predicted octanol–water partition coefficient (Wildman–Crippen LogP) is 0.741. The third-order valence-electron chi connectivity index (χ3n) is 2.83. The van der Waals surface area contributed by atoms with E-state index in [1.807, 2.05) is 0 Å². The van der Waals surface area contributed by atoms with Gasteiger partial charge < -0.3 is 4.74 Å². The lowest BCUT2D eigenvalue weighted by molar-refractivity contribution is -0.122. The monoisotopic (exact) mass is 293 g/mol. The van der Waals surface area contributed by atoms with Gasteiger partial charge in [-0.3, -0.25) is 25.8 Å². The second kappa shape index (κ2) is 6.33. The Morgan fingerprint density at radius 1 is 1.25 bits per heavy atom. The zero-order valence-corrected chi connectivity index (χ0v) is 11.8. The van der Waals surface area contributed by atoms with Crippen LogP contribution in [0.3, 0.4) is 0 Å². The molecule has 106 valence electrons. The first-order valence-corrected chi connectivity index (χ1v) is 6.57. The molecule has 2 amide bonds. The highest BCUT2D eigenvalue weighted by Gasteiger charge is 2.29. The molecule has 1 aromatic rings. The third kappa shape index (κ3) is 3.67. The van der Waals surface area contributed by atoms with Crippen molar-refractivity contribution in [3.63, 3.8) is 0 Å². The van der Waals surface area contributed by atoms with Gasteiger partial charge in [-0.1, -0.05) is 12.1 Å². The SMILES string of the molecule is COc1ccccc1C(=O)NC(=S)NNC(=O)C1CC1. The molecule has 0 aliphatic heterocycles. The van der Waals surface area contributed by atoms with Crippen molar-refractivity contribution in [3.05, 3.63) is 29.8 Å². The summed E-state index contributed by atoms with van der Waals surface area (Å²) in [6.07, 6.45) is 1.79. The van der Waals surface area contributed by atoms with E-state index in [0.717, 1.165) is 12.8 Å². The Balaban J connectivity index is 1.86. The summed E-state index contributed by atoms with van der Waals surface area (Å²) in [5, 5.41) is 2.51. The van der Waals surface area contributed by atoms with Crippen LogP contribution in [0, 0.1) is 5.92 Å². The highest BCUT2D eigenvalue weighted by Crippen LogP contribution is 2.28. The number of hydrogen-bond acceptors (Lipinski definition) is 4. The Bertz CT molecular complexity index is 543. The van der Waals surface area contributed by atoms with Crippen molar-refractivity contribution < 1.29 is 14.3 Å². The Hall–Kier alpha value is -2.15. The van der Waals surface area contributed by atoms with Crippen LogP contribution < -0.4 is 20.9 Å². The molecule has 6 nitrogen and oxygen atoms in total. The number of carbonyl (C=O) groups is 2. The van der Waals surface area contributed by atoms with Gasteiger partial charge >= 0.3 is 0 Å². The Morgan fingerprint density at radius 3 is 2.60 bits per heavy atom. The predicted molar refractivity (Wildman–Crippen MR) is 77.1 cm³/mol. The Labute approximate surface area is 121 Å². The van der Waals surface area contributed by atoms with E-state index in [-0.39, 0.29) is 16.9 Å². The normalized spacial score (nSPS) is 13.2. The zero-order chi connectivity index (χ0) is 14.5. The molecule has 20 heavy (non-hydrogen) atoms. The van der Waals surface area contributed by atoms with Gasteiger partial charge in [0.2, 0.25) is 5.91 Å². The fourth-order valence-electron chi connectivity index (χ4n) is 1.60. The second-order valence-corrected chi connectivity index (χ2v) is 4.78. The second-order valence-electron chi connectivity index (χ2n) is 4.37. The number of thiocarbonyl (C=S) groups is 1. The van der Waals surface area contributed by atoms with Gasteiger partial charge in [0.25, 0.3) is 5.91 Å². The molecule has 1 aliphatic rings. The van der Waals surface area contributed by atoms with Gasteiger partial charge in [-0.15, -0.1) is 0 Å². The van der Waals surface area contributed by atoms with Gasteiger partial charge in [-0.2, -0.15) is 0 Å². The lowest BCUT2D eigenvalue weighted by Gasteiger charge is -2.12. The standard InChI is InChI=1S/C13H15N3O3S/c1-19-10-5-3-2-4-9(10)12(18)14-13(20)16-15-11(17)8-6-7-8/h2-5,8H,6-7H2,1H3,(H,15,17)(H2,14,16,18,20). The highest BCUT2D eigenvalue weighted by molar-refractivity contribution is 7.80. The number of hydrazine groups is 1. The molecule has 0 radical (unpaired) electrons. The van der Waals surface area contributed by atoms with E-state index < -0.39 is 5.91 Å². The Kier molecular flexibility index (Phi) is 4.52. The summed E-state index contributed by atoms with van der Waals surface area (Å²) in [6.45, 7) is 0. The van der Waals surface area contributed by atoms with Crippen molar-refractivity contribution >= 4 is 29.1 Å². The topological polar surface area (TPSA) is 79.5 Å². The fraction of sp³-hybridized carbons (Fsp3) is 0.308. The van der Waals surface area contributed by atoms with Crippen molar-refractivity contribution in [1.82, 2.24) is 16.2 Å². The van der Waals surface area contributed by atoms with Crippen molar-refractivity contribution in [2.75, 3.05) is 7.11 Å². The number of amides is 2. The van der Waals surface area contributed by atoms with E-state index in [4.69, 9.17) is 17.0 Å². The molecule has 1 aliphatic carbocycles. The van der Waals surface area contributed by atoms with Crippen molar-refractivity contribution in [2.45, 2.75) is 12.8 Å². The number of methoxy groups -OCH3 is 1. The first-order valence-electron chi connectivity index (χ1n) is 6.16. The molecule has 1 fully saturated rings. The summed E-state index contributed by atoms with van der Waals surface area (Å²) >= 11 is 4.94. The smallest absolute Gasteiger partial charge is 0.261 e. The molecule has 0 atom stereocenters. The molecule has 0 bridgehead atoms. The minimum absolute atomic E-state index is 0.0370. The van der Waals surface area contributed by atoms with E-state index in [1.54, 1.807) is 24.3 Å². The lowest BCUT2D eigenvalue weighted by Crippen LogP contribution is -2.48. The average molecular weight is 293 g/mol. The molecule has 0 saturated heterocycles. The van der Waals surface area contributed by atoms with E-state index >= 15 is 0 Å². The number of benzene rings is 1. The maximum atomic E-state index is 12.0. The van der Waals surface area contributed by atoms with Crippen LogP contribution in [-0.4, -0.2) is 24.0 Å². The third-order valence-corrected chi connectivity index (χ3v) is 3.03. The minimum atomic E-state index is -0.402. The summed E-state index contributed by atoms with van der Waals surface area (Å²) in [5.41, 5.74) is 5.32. The minimum Gasteiger partial charge on any atom is -0.496 e. The van der Waals surface area contributed by atoms with E-state index in [2.05, 4.69) is 16.2 Å². The first kappa shape index (κ1) is 14.3.